The number of hydrogen-bond donors (Lipinski definition) is 0. The molecule has 0 aromatic heterocycles. The van der Waals surface area contributed by atoms with Gasteiger partial charge in [-0.05, 0) is 19.8 Å². The molecule has 11 heavy (non-hydrogen) atoms. The van der Waals surface area contributed by atoms with Crippen LogP contribution in [0.5, 0.6) is 0 Å². The summed E-state index contributed by atoms with van der Waals surface area (Å²) in [6.07, 6.45) is 7.93. The van der Waals surface area contributed by atoms with Crippen LogP contribution >= 0.6 is 0 Å². The van der Waals surface area contributed by atoms with Crippen LogP contribution < -0.4 is 0 Å². The Morgan fingerprint density at radius 3 is 2.91 bits per heavy atom. The van der Waals surface area contributed by atoms with Crippen LogP contribution in [0.25, 0.3) is 0 Å². The largest absolute Gasteiger partial charge is 0.319 e. The monoisotopic (exact) mass is 153 g/mol. The molecule has 1 amide bonds. The summed E-state index contributed by atoms with van der Waals surface area (Å²) in [6.45, 7) is 2.85. The maximum atomic E-state index is 11.3. The highest BCUT2D eigenvalue weighted by atomic mass is 16.2. The van der Waals surface area contributed by atoms with E-state index in [-0.39, 0.29) is 5.91 Å². The van der Waals surface area contributed by atoms with Crippen LogP contribution in [0.15, 0.2) is 12.3 Å². The second kappa shape index (κ2) is 4.16. The normalized spacial score (nSPS) is 20.8. The van der Waals surface area contributed by atoms with Gasteiger partial charge in [0.2, 0.25) is 5.91 Å². The summed E-state index contributed by atoms with van der Waals surface area (Å²) in [5.74, 6) is 0.278. The summed E-state index contributed by atoms with van der Waals surface area (Å²) in [5.41, 5.74) is 0. The van der Waals surface area contributed by atoms with Crippen molar-refractivity contribution in [1.29, 1.82) is 0 Å². The molecule has 0 bridgehead atoms. The first-order valence-electron chi connectivity index (χ1n) is 4.27. The molecule has 2 nitrogen and oxygen atoms in total. The van der Waals surface area contributed by atoms with Gasteiger partial charge >= 0.3 is 0 Å². The number of amides is 1. The van der Waals surface area contributed by atoms with Crippen LogP contribution in [0.1, 0.15) is 32.6 Å². The summed E-state index contributed by atoms with van der Waals surface area (Å²) in [6, 6.07) is 0. The first kappa shape index (κ1) is 8.31. The molecule has 0 radical (unpaired) electrons. The lowest BCUT2D eigenvalue weighted by atomic mass is 10.2. The van der Waals surface area contributed by atoms with Crippen LogP contribution in [-0.4, -0.2) is 17.4 Å². The molecule has 1 heterocycles. The molecular weight excluding hydrogens is 138 g/mol. The number of carbonyl (C=O) groups excluding carboxylic acids is 1. The van der Waals surface area contributed by atoms with Crippen LogP contribution in [0.3, 0.4) is 0 Å². The molecule has 62 valence electrons. The quantitative estimate of drug-likeness (QED) is 0.563. The van der Waals surface area contributed by atoms with E-state index in [1.165, 1.54) is 6.42 Å². The molecule has 2 heteroatoms. The van der Waals surface area contributed by atoms with Crippen molar-refractivity contribution in [3.8, 4) is 0 Å². The predicted molar refractivity (Wildman–Crippen MR) is 45.0 cm³/mol. The number of carbonyl (C=O) groups is 1. The molecule has 1 aliphatic rings. The molecule has 1 rings (SSSR count). The Morgan fingerprint density at radius 1 is 1.36 bits per heavy atom. The van der Waals surface area contributed by atoms with Gasteiger partial charge < -0.3 is 4.90 Å². The number of likely N-dealkylation sites (tertiary alicyclic amines) is 1. The molecule has 0 unspecified atom stereocenters. The number of hydrogen-bond acceptors (Lipinski definition) is 1. The van der Waals surface area contributed by atoms with Gasteiger partial charge in [0.15, 0.2) is 0 Å². The molecular formula is C9H15NO. The van der Waals surface area contributed by atoms with Crippen molar-refractivity contribution in [1.82, 2.24) is 4.90 Å². The van der Waals surface area contributed by atoms with Gasteiger partial charge in [-0.25, -0.2) is 0 Å². The minimum Gasteiger partial charge on any atom is -0.319 e. The molecule has 0 aromatic carbocycles. The Bertz CT molecular complexity index is 163. The average molecular weight is 153 g/mol. The van der Waals surface area contributed by atoms with E-state index in [0.29, 0.717) is 0 Å². The van der Waals surface area contributed by atoms with E-state index in [1.807, 2.05) is 24.1 Å². The van der Waals surface area contributed by atoms with Crippen LogP contribution in [-0.2, 0) is 4.79 Å². The van der Waals surface area contributed by atoms with Crippen LogP contribution in [0.2, 0.25) is 0 Å². The zero-order valence-corrected chi connectivity index (χ0v) is 7.05. The third-order valence-electron chi connectivity index (χ3n) is 1.94. The summed E-state index contributed by atoms with van der Waals surface area (Å²) in [5, 5.41) is 0. The van der Waals surface area contributed by atoms with Crippen molar-refractivity contribution in [2.75, 3.05) is 6.54 Å². The highest BCUT2D eigenvalue weighted by Gasteiger charge is 2.12. The zero-order valence-electron chi connectivity index (χ0n) is 7.05. The van der Waals surface area contributed by atoms with Gasteiger partial charge in [-0.3, -0.25) is 4.79 Å². The summed E-state index contributed by atoms with van der Waals surface area (Å²) < 4.78 is 0. The van der Waals surface area contributed by atoms with E-state index in [4.69, 9.17) is 0 Å². The van der Waals surface area contributed by atoms with Crippen LogP contribution in [0.4, 0.5) is 0 Å². The Hall–Kier alpha value is -0.790. The fourth-order valence-electron chi connectivity index (χ4n) is 1.34. The second-order valence-electron chi connectivity index (χ2n) is 2.88. The molecule has 1 aliphatic heterocycles. The Balaban J connectivity index is 2.52. The smallest absolute Gasteiger partial charge is 0.226 e. The Kier molecular flexibility index (Phi) is 3.14. The molecule has 0 atom stereocenters. The predicted octanol–water partition coefficient (Wildman–Crippen LogP) is 1.92. The lowest BCUT2D eigenvalue weighted by Gasteiger charge is -2.14. The first-order chi connectivity index (χ1) is 5.34. The van der Waals surface area contributed by atoms with Crippen LogP contribution in [0, 0.1) is 0 Å². The van der Waals surface area contributed by atoms with E-state index in [9.17, 15) is 4.79 Å². The maximum absolute atomic E-state index is 11.3. The minimum absolute atomic E-state index is 0.278. The number of nitrogens with zero attached hydrogens (tertiary/aromatic N) is 1. The molecule has 0 aromatic rings. The van der Waals surface area contributed by atoms with Crippen molar-refractivity contribution in [2.45, 2.75) is 32.6 Å². The second-order valence-corrected chi connectivity index (χ2v) is 2.88. The van der Waals surface area contributed by atoms with Gasteiger partial charge in [0.25, 0.3) is 0 Å². The highest BCUT2D eigenvalue weighted by molar-refractivity contribution is 5.77. The standard InChI is InChI=1S/C9H15NO/c1-2-7-10-8-5-3-4-6-9(10)11/h2,7H,3-6,8H2,1H3. The van der Waals surface area contributed by atoms with E-state index >= 15 is 0 Å². The molecule has 1 saturated heterocycles. The summed E-state index contributed by atoms with van der Waals surface area (Å²) in [4.78, 5) is 13.1. The molecule has 0 saturated carbocycles. The molecule has 0 aliphatic carbocycles. The topological polar surface area (TPSA) is 20.3 Å². The third-order valence-corrected chi connectivity index (χ3v) is 1.94. The average Bonchev–Trinajstić information content (AvgIpc) is 2.18. The van der Waals surface area contributed by atoms with Crippen molar-refractivity contribution in [3.05, 3.63) is 12.3 Å². The SMILES string of the molecule is CC=CN1CCCCCC1=O. The van der Waals surface area contributed by atoms with E-state index < -0.39 is 0 Å². The zero-order chi connectivity index (χ0) is 8.10. The summed E-state index contributed by atoms with van der Waals surface area (Å²) >= 11 is 0. The lowest BCUT2D eigenvalue weighted by molar-refractivity contribution is -0.128. The van der Waals surface area contributed by atoms with Crippen molar-refractivity contribution in [3.63, 3.8) is 0 Å². The van der Waals surface area contributed by atoms with Gasteiger partial charge in [0.1, 0.15) is 0 Å². The molecule has 0 N–H and O–H groups in total. The van der Waals surface area contributed by atoms with Crippen molar-refractivity contribution in [2.24, 2.45) is 0 Å². The van der Waals surface area contributed by atoms with Crippen molar-refractivity contribution < 1.29 is 4.79 Å². The maximum Gasteiger partial charge on any atom is 0.226 e. The van der Waals surface area contributed by atoms with Gasteiger partial charge in [0.05, 0.1) is 0 Å². The fourth-order valence-corrected chi connectivity index (χ4v) is 1.34. The Labute approximate surface area is 67.9 Å². The van der Waals surface area contributed by atoms with Crippen molar-refractivity contribution >= 4 is 5.91 Å². The van der Waals surface area contributed by atoms with E-state index in [0.717, 1.165) is 25.8 Å². The third kappa shape index (κ3) is 2.37. The summed E-state index contributed by atoms with van der Waals surface area (Å²) in [7, 11) is 0. The van der Waals surface area contributed by atoms with Gasteiger partial charge in [0, 0.05) is 19.2 Å². The van der Waals surface area contributed by atoms with Gasteiger partial charge in [-0.1, -0.05) is 12.5 Å². The van der Waals surface area contributed by atoms with Gasteiger partial charge in [-0.15, -0.1) is 0 Å². The minimum atomic E-state index is 0.278. The van der Waals surface area contributed by atoms with Gasteiger partial charge in [-0.2, -0.15) is 0 Å². The fraction of sp³-hybridized carbons (Fsp3) is 0.667. The number of rotatable bonds is 1. The van der Waals surface area contributed by atoms with E-state index in [1.54, 1.807) is 0 Å². The number of allylic oxidation sites excluding steroid dienone is 1. The molecule has 1 fully saturated rings. The lowest BCUT2D eigenvalue weighted by Crippen LogP contribution is -2.24. The highest BCUT2D eigenvalue weighted by Crippen LogP contribution is 2.10. The Morgan fingerprint density at radius 2 is 2.18 bits per heavy atom. The molecule has 0 spiro atoms. The van der Waals surface area contributed by atoms with E-state index in [2.05, 4.69) is 0 Å². The first-order valence-corrected chi connectivity index (χ1v) is 4.27.